The van der Waals surface area contributed by atoms with Crippen molar-refractivity contribution in [1.82, 2.24) is 10.4 Å². The average molecular weight is 245 g/mol. The summed E-state index contributed by atoms with van der Waals surface area (Å²) in [5, 5.41) is 3.14. The smallest absolute Gasteiger partial charge is 0.162 e. The SMILES string of the molecule is CC(=O)c1cc(N2CCN(C)CC2)ccc1N=[N]. The lowest BCUT2D eigenvalue weighted by Crippen LogP contribution is -2.44. The molecule has 0 saturated carbocycles. The first-order chi connectivity index (χ1) is 8.61. The van der Waals surface area contributed by atoms with E-state index in [1.807, 2.05) is 12.1 Å². The molecule has 1 radical (unpaired) electrons. The van der Waals surface area contributed by atoms with Gasteiger partial charge < -0.3 is 9.80 Å². The molecule has 95 valence electrons. The van der Waals surface area contributed by atoms with E-state index < -0.39 is 0 Å². The van der Waals surface area contributed by atoms with E-state index in [-0.39, 0.29) is 5.78 Å². The van der Waals surface area contributed by atoms with Crippen LogP contribution >= 0.6 is 0 Å². The summed E-state index contributed by atoms with van der Waals surface area (Å²) in [7, 11) is 2.10. The molecule has 1 saturated heterocycles. The minimum atomic E-state index is -0.0845. The molecular weight excluding hydrogens is 228 g/mol. The van der Waals surface area contributed by atoms with Crippen LogP contribution in [0.4, 0.5) is 11.4 Å². The summed E-state index contributed by atoms with van der Waals surface area (Å²) >= 11 is 0. The van der Waals surface area contributed by atoms with Crippen LogP contribution in [0.3, 0.4) is 0 Å². The molecule has 5 heteroatoms. The van der Waals surface area contributed by atoms with Crippen molar-refractivity contribution in [2.24, 2.45) is 5.11 Å². The van der Waals surface area contributed by atoms with Crippen LogP contribution in [0, 0.1) is 0 Å². The van der Waals surface area contributed by atoms with Crippen LogP contribution < -0.4 is 10.4 Å². The molecule has 18 heavy (non-hydrogen) atoms. The van der Waals surface area contributed by atoms with E-state index in [4.69, 9.17) is 5.53 Å². The number of rotatable bonds is 3. The molecule has 0 aromatic heterocycles. The molecule has 2 rings (SSSR count). The van der Waals surface area contributed by atoms with Crippen LogP contribution in [0.15, 0.2) is 23.3 Å². The van der Waals surface area contributed by atoms with Gasteiger partial charge in [0, 0.05) is 37.4 Å². The third-order valence-electron chi connectivity index (χ3n) is 3.34. The molecule has 0 aliphatic carbocycles. The summed E-state index contributed by atoms with van der Waals surface area (Å²) < 4.78 is 0. The van der Waals surface area contributed by atoms with Gasteiger partial charge in [0.15, 0.2) is 5.78 Å². The molecule has 0 spiro atoms. The van der Waals surface area contributed by atoms with Gasteiger partial charge >= 0.3 is 0 Å². The van der Waals surface area contributed by atoms with Crippen LogP contribution in [-0.4, -0.2) is 43.9 Å². The fourth-order valence-corrected chi connectivity index (χ4v) is 2.15. The number of carbonyl (C=O) groups is 1. The first kappa shape index (κ1) is 12.7. The Kier molecular flexibility index (Phi) is 3.72. The first-order valence-corrected chi connectivity index (χ1v) is 6.05. The van der Waals surface area contributed by atoms with E-state index in [0.717, 1.165) is 31.9 Å². The van der Waals surface area contributed by atoms with Gasteiger partial charge in [-0.15, -0.1) is 5.11 Å². The minimum absolute atomic E-state index is 0.0845. The molecule has 1 aliphatic heterocycles. The van der Waals surface area contributed by atoms with Crippen molar-refractivity contribution in [2.75, 3.05) is 38.1 Å². The standard InChI is InChI=1S/C13H17N4O/c1-10(18)12-9-11(3-4-13(12)15-14)17-7-5-16(2)6-8-17/h3-4,9H,5-8H2,1-2H3. The molecule has 1 fully saturated rings. The number of likely N-dealkylation sites (N-methyl/N-ethyl adjacent to an activating group) is 1. The highest BCUT2D eigenvalue weighted by Gasteiger charge is 2.16. The molecule has 0 unspecified atom stereocenters. The van der Waals surface area contributed by atoms with Crippen LogP contribution in [0.25, 0.3) is 0 Å². The molecule has 0 bridgehead atoms. The van der Waals surface area contributed by atoms with Crippen molar-refractivity contribution >= 4 is 17.2 Å². The van der Waals surface area contributed by atoms with E-state index in [0.29, 0.717) is 11.3 Å². The summed E-state index contributed by atoms with van der Waals surface area (Å²) in [4.78, 5) is 16.0. The lowest BCUT2D eigenvalue weighted by Gasteiger charge is -2.34. The van der Waals surface area contributed by atoms with Gasteiger partial charge in [-0.2, -0.15) is 0 Å². The van der Waals surface area contributed by atoms with Gasteiger partial charge in [0.1, 0.15) is 0 Å². The van der Waals surface area contributed by atoms with Gasteiger partial charge in [-0.1, -0.05) is 0 Å². The Hall–Kier alpha value is -1.75. The van der Waals surface area contributed by atoms with Crippen molar-refractivity contribution in [3.05, 3.63) is 23.8 Å². The van der Waals surface area contributed by atoms with E-state index >= 15 is 0 Å². The lowest BCUT2D eigenvalue weighted by atomic mass is 10.1. The van der Waals surface area contributed by atoms with E-state index in [2.05, 4.69) is 22.0 Å². The molecule has 0 atom stereocenters. The summed E-state index contributed by atoms with van der Waals surface area (Å²) in [6.45, 7) is 5.41. The molecule has 1 aliphatic rings. The molecule has 0 N–H and O–H groups in total. The maximum atomic E-state index is 11.5. The number of piperazine rings is 1. The highest BCUT2D eigenvalue weighted by molar-refractivity contribution is 5.99. The van der Waals surface area contributed by atoms with Crippen molar-refractivity contribution < 1.29 is 4.79 Å². The summed E-state index contributed by atoms with van der Waals surface area (Å²) in [5.41, 5.74) is 10.7. The Labute approximate surface area is 107 Å². The van der Waals surface area contributed by atoms with Gasteiger partial charge in [0.05, 0.1) is 5.69 Å². The maximum Gasteiger partial charge on any atom is 0.162 e. The monoisotopic (exact) mass is 245 g/mol. The largest absolute Gasteiger partial charge is 0.369 e. The molecule has 5 nitrogen and oxygen atoms in total. The molecule has 0 amide bonds. The Bertz CT molecular complexity index is 464. The van der Waals surface area contributed by atoms with E-state index in [1.54, 1.807) is 6.07 Å². The summed E-state index contributed by atoms with van der Waals surface area (Å²) in [6.07, 6.45) is 0. The Morgan fingerprint density at radius 3 is 2.50 bits per heavy atom. The Morgan fingerprint density at radius 2 is 1.94 bits per heavy atom. The van der Waals surface area contributed by atoms with Crippen molar-refractivity contribution in [3.63, 3.8) is 0 Å². The van der Waals surface area contributed by atoms with Crippen LogP contribution in [0.1, 0.15) is 17.3 Å². The number of hydrogen-bond donors (Lipinski definition) is 0. The summed E-state index contributed by atoms with van der Waals surface area (Å²) in [6, 6.07) is 5.39. The fraction of sp³-hybridized carbons (Fsp3) is 0.462. The predicted octanol–water partition coefficient (Wildman–Crippen LogP) is 1.52. The van der Waals surface area contributed by atoms with Gasteiger partial charge in [-0.05, 0) is 37.7 Å². The molecule has 1 aromatic rings. The minimum Gasteiger partial charge on any atom is -0.369 e. The zero-order chi connectivity index (χ0) is 13.1. The second kappa shape index (κ2) is 5.27. The highest BCUT2D eigenvalue weighted by atomic mass is 16.1. The van der Waals surface area contributed by atoms with Gasteiger partial charge in [0.2, 0.25) is 0 Å². The zero-order valence-corrected chi connectivity index (χ0v) is 10.8. The number of nitrogens with zero attached hydrogens (tertiary/aromatic N) is 4. The topological polar surface area (TPSA) is 58.2 Å². The number of anilines is 1. The number of benzene rings is 1. The normalized spacial score (nSPS) is 16.7. The number of carbonyl (C=O) groups excluding carboxylic acids is 1. The van der Waals surface area contributed by atoms with E-state index in [1.165, 1.54) is 6.92 Å². The van der Waals surface area contributed by atoms with Crippen LogP contribution in [-0.2, 0) is 0 Å². The maximum absolute atomic E-state index is 11.5. The Morgan fingerprint density at radius 1 is 1.28 bits per heavy atom. The predicted molar refractivity (Wildman–Crippen MR) is 70.4 cm³/mol. The molecule has 1 aromatic carbocycles. The summed E-state index contributed by atoms with van der Waals surface area (Å²) in [5.74, 6) is -0.0845. The first-order valence-electron chi connectivity index (χ1n) is 6.05. The highest BCUT2D eigenvalue weighted by Crippen LogP contribution is 2.26. The van der Waals surface area contributed by atoms with Gasteiger partial charge in [0.25, 0.3) is 0 Å². The number of Topliss-reactive ketones (excluding diaryl/α,β-unsaturated/α-hetero) is 1. The average Bonchev–Trinajstić information content (AvgIpc) is 2.39. The van der Waals surface area contributed by atoms with Crippen LogP contribution in [0.5, 0.6) is 0 Å². The van der Waals surface area contributed by atoms with Crippen molar-refractivity contribution in [3.8, 4) is 0 Å². The molecule has 1 heterocycles. The van der Waals surface area contributed by atoms with Crippen LogP contribution in [0.2, 0.25) is 0 Å². The quantitative estimate of drug-likeness (QED) is 0.599. The second-order valence-electron chi connectivity index (χ2n) is 4.65. The number of ketones is 1. The van der Waals surface area contributed by atoms with Crippen molar-refractivity contribution in [1.29, 1.82) is 0 Å². The van der Waals surface area contributed by atoms with Crippen molar-refractivity contribution in [2.45, 2.75) is 6.92 Å². The van der Waals surface area contributed by atoms with E-state index in [9.17, 15) is 4.79 Å². The Balaban J connectivity index is 2.26. The fourth-order valence-electron chi connectivity index (χ4n) is 2.15. The lowest BCUT2D eigenvalue weighted by molar-refractivity contribution is 0.101. The number of hydrogen-bond acceptors (Lipinski definition) is 4. The third-order valence-corrected chi connectivity index (χ3v) is 3.34. The second-order valence-corrected chi connectivity index (χ2v) is 4.65. The zero-order valence-electron chi connectivity index (χ0n) is 10.8. The molecular formula is C13H17N4O. The third kappa shape index (κ3) is 2.56. The van der Waals surface area contributed by atoms with Gasteiger partial charge in [-0.3, -0.25) is 4.79 Å². The van der Waals surface area contributed by atoms with Gasteiger partial charge in [-0.25, -0.2) is 0 Å².